The number of hydrogen-bond donors (Lipinski definition) is 1. The van der Waals surface area contributed by atoms with Crippen LogP contribution in [0.5, 0.6) is 0 Å². The highest BCUT2D eigenvalue weighted by Crippen LogP contribution is 2.20. The third-order valence-corrected chi connectivity index (χ3v) is 5.01. The first-order valence-electron chi connectivity index (χ1n) is 7.44. The molecule has 0 aliphatic heterocycles. The van der Waals surface area contributed by atoms with E-state index in [-0.39, 0.29) is 11.4 Å². The lowest BCUT2D eigenvalue weighted by Gasteiger charge is -2.10. The van der Waals surface area contributed by atoms with Crippen molar-refractivity contribution in [3.63, 3.8) is 0 Å². The van der Waals surface area contributed by atoms with Crippen molar-refractivity contribution >= 4 is 10.0 Å². The quantitative estimate of drug-likeness (QED) is 0.763. The van der Waals surface area contributed by atoms with E-state index < -0.39 is 10.0 Å². The summed E-state index contributed by atoms with van der Waals surface area (Å²) in [6.07, 6.45) is 4.98. The van der Waals surface area contributed by atoms with Crippen LogP contribution in [0.15, 0.2) is 72.0 Å². The van der Waals surface area contributed by atoms with Gasteiger partial charge in [0.15, 0.2) is 0 Å². The van der Waals surface area contributed by atoms with Crippen molar-refractivity contribution in [2.45, 2.75) is 11.4 Å². The maximum Gasteiger partial charge on any atom is 0.240 e. The van der Waals surface area contributed by atoms with Gasteiger partial charge in [0.1, 0.15) is 0 Å². The molecule has 0 aliphatic carbocycles. The minimum absolute atomic E-state index is 0.105. The van der Waals surface area contributed by atoms with Gasteiger partial charge in [-0.25, -0.2) is 13.1 Å². The first-order valence-corrected chi connectivity index (χ1v) is 8.92. The van der Waals surface area contributed by atoms with Crippen molar-refractivity contribution < 1.29 is 8.42 Å². The summed E-state index contributed by atoms with van der Waals surface area (Å²) in [6.45, 7) is 0.105. The van der Waals surface area contributed by atoms with E-state index in [1.54, 1.807) is 24.7 Å². The van der Waals surface area contributed by atoms with Gasteiger partial charge in [-0.1, -0.05) is 6.07 Å². The van der Waals surface area contributed by atoms with Gasteiger partial charge in [-0.3, -0.25) is 9.97 Å². The molecule has 25 heavy (non-hydrogen) atoms. The van der Waals surface area contributed by atoms with Crippen LogP contribution < -0.4 is 4.72 Å². The summed E-state index contributed by atoms with van der Waals surface area (Å²) in [7, 11) is -3.68. The van der Waals surface area contributed by atoms with E-state index in [4.69, 9.17) is 5.26 Å². The second-order valence-corrected chi connectivity index (χ2v) is 6.97. The third-order valence-electron chi connectivity index (χ3n) is 3.59. The lowest BCUT2D eigenvalue weighted by Crippen LogP contribution is -2.23. The maximum absolute atomic E-state index is 12.4. The van der Waals surface area contributed by atoms with Crippen LogP contribution in [0.4, 0.5) is 0 Å². The summed E-state index contributed by atoms with van der Waals surface area (Å²) in [5.41, 5.74) is 2.73. The summed E-state index contributed by atoms with van der Waals surface area (Å²) in [5, 5.41) is 8.80. The highest BCUT2D eigenvalue weighted by molar-refractivity contribution is 7.89. The Morgan fingerprint density at radius 2 is 1.72 bits per heavy atom. The van der Waals surface area contributed by atoms with Gasteiger partial charge < -0.3 is 0 Å². The first-order chi connectivity index (χ1) is 12.1. The smallest absolute Gasteiger partial charge is 0.240 e. The molecule has 0 aliphatic rings. The number of rotatable bonds is 5. The van der Waals surface area contributed by atoms with E-state index in [1.165, 1.54) is 24.3 Å². The van der Waals surface area contributed by atoms with Crippen LogP contribution >= 0.6 is 0 Å². The predicted molar refractivity (Wildman–Crippen MR) is 92.7 cm³/mol. The molecular weight excluding hydrogens is 336 g/mol. The Kier molecular flexibility index (Phi) is 4.84. The molecule has 0 amide bonds. The Bertz CT molecular complexity index is 1010. The highest BCUT2D eigenvalue weighted by atomic mass is 32.2. The van der Waals surface area contributed by atoms with Gasteiger partial charge in [0, 0.05) is 30.7 Å². The molecule has 0 atom stereocenters. The minimum Gasteiger partial charge on any atom is -0.265 e. The second-order valence-electron chi connectivity index (χ2n) is 5.21. The van der Waals surface area contributed by atoms with E-state index >= 15 is 0 Å². The number of sulfonamides is 1. The van der Waals surface area contributed by atoms with Gasteiger partial charge in [0.2, 0.25) is 10.0 Å². The lowest BCUT2D eigenvalue weighted by atomic mass is 10.1. The summed E-state index contributed by atoms with van der Waals surface area (Å²) in [4.78, 5) is 8.44. The molecule has 2 aromatic heterocycles. The predicted octanol–water partition coefficient (Wildman–Crippen LogP) is 2.49. The first kappa shape index (κ1) is 16.8. The van der Waals surface area contributed by atoms with Crippen LogP contribution in [0, 0.1) is 11.3 Å². The van der Waals surface area contributed by atoms with E-state index in [0.717, 1.165) is 11.1 Å². The molecule has 0 unspecified atom stereocenters. The van der Waals surface area contributed by atoms with Crippen molar-refractivity contribution in [1.29, 1.82) is 5.26 Å². The fraction of sp³-hybridized carbons (Fsp3) is 0.0556. The van der Waals surface area contributed by atoms with Gasteiger partial charge in [0.05, 0.1) is 22.2 Å². The maximum atomic E-state index is 12.4. The van der Waals surface area contributed by atoms with E-state index in [2.05, 4.69) is 14.7 Å². The van der Waals surface area contributed by atoms with Crippen molar-refractivity contribution in [3.8, 4) is 17.3 Å². The Morgan fingerprint density at radius 3 is 2.40 bits per heavy atom. The van der Waals surface area contributed by atoms with Crippen LogP contribution in [0.2, 0.25) is 0 Å². The van der Waals surface area contributed by atoms with Gasteiger partial charge in [-0.15, -0.1) is 0 Å². The van der Waals surface area contributed by atoms with Crippen LogP contribution in [-0.4, -0.2) is 18.4 Å². The van der Waals surface area contributed by atoms with Gasteiger partial charge in [-0.2, -0.15) is 5.26 Å². The largest absolute Gasteiger partial charge is 0.265 e. The molecule has 0 fully saturated rings. The number of nitriles is 1. The monoisotopic (exact) mass is 350 g/mol. The lowest BCUT2D eigenvalue weighted by molar-refractivity contribution is 0.581. The number of hydrogen-bond acceptors (Lipinski definition) is 5. The molecule has 0 saturated heterocycles. The highest BCUT2D eigenvalue weighted by Gasteiger charge is 2.15. The van der Waals surface area contributed by atoms with Crippen LogP contribution in [0.3, 0.4) is 0 Å². The summed E-state index contributed by atoms with van der Waals surface area (Å²) >= 11 is 0. The van der Waals surface area contributed by atoms with Crippen LogP contribution in [0.1, 0.15) is 11.1 Å². The number of pyridine rings is 2. The fourth-order valence-electron chi connectivity index (χ4n) is 2.32. The zero-order valence-electron chi connectivity index (χ0n) is 13.1. The summed E-state index contributed by atoms with van der Waals surface area (Å²) in [5.74, 6) is 0. The molecular formula is C18H14N4O2S. The zero-order valence-corrected chi connectivity index (χ0v) is 13.9. The summed E-state index contributed by atoms with van der Waals surface area (Å²) < 4.78 is 27.4. The average Bonchev–Trinajstić information content (AvgIpc) is 2.67. The SMILES string of the molecule is N#Cc1ccc(S(=O)(=O)NCc2cccnc2-c2ccncc2)cc1. The topological polar surface area (TPSA) is 95.7 Å². The van der Waals surface area contributed by atoms with Gasteiger partial charge in [-0.05, 0) is 48.0 Å². The molecule has 1 aromatic carbocycles. The van der Waals surface area contributed by atoms with Crippen molar-refractivity contribution in [3.05, 3.63) is 78.2 Å². The molecule has 0 radical (unpaired) electrons. The molecule has 0 saturated carbocycles. The number of benzene rings is 1. The Hall–Kier alpha value is -3.08. The molecule has 3 rings (SSSR count). The van der Waals surface area contributed by atoms with E-state index in [0.29, 0.717) is 11.3 Å². The second kappa shape index (κ2) is 7.21. The van der Waals surface area contributed by atoms with Gasteiger partial charge >= 0.3 is 0 Å². The molecule has 7 heteroatoms. The zero-order chi connectivity index (χ0) is 17.7. The molecule has 124 valence electrons. The molecule has 0 bridgehead atoms. The van der Waals surface area contributed by atoms with Gasteiger partial charge in [0.25, 0.3) is 0 Å². The van der Waals surface area contributed by atoms with E-state index in [1.807, 2.05) is 24.3 Å². The van der Waals surface area contributed by atoms with Crippen molar-refractivity contribution in [2.75, 3.05) is 0 Å². The van der Waals surface area contributed by atoms with Crippen LogP contribution in [0.25, 0.3) is 11.3 Å². The minimum atomic E-state index is -3.68. The molecule has 6 nitrogen and oxygen atoms in total. The Balaban J connectivity index is 1.83. The van der Waals surface area contributed by atoms with Crippen molar-refractivity contribution in [2.24, 2.45) is 0 Å². The Labute approximate surface area is 145 Å². The molecule has 2 heterocycles. The molecule has 0 spiro atoms. The molecule has 3 aromatic rings. The number of nitrogens with one attached hydrogen (secondary N) is 1. The standard InChI is InChI=1S/C18H14N4O2S/c19-12-14-3-5-17(6-4-14)25(23,24)22-13-16-2-1-9-21-18(16)15-7-10-20-11-8-15/h1-11,22H,13H2. The van der Waals surface area contributed by atoms with Crippen molar-refractivity contribution in [1.82, 2.24) is 14.7 Å². The number of aromatic nitrogens is 2. The fourth-order valence-corrected chi connectivity index (χ4v) is 3.32. The van der Waals surface area contributed by atoms with E-state index in [9.17, 15) is 8.42 Å². The average molecular weight is 350 g/mol. The van der Waals surface area contributed by atoms with Crippen LogP contribution in [-0.2, 0) is 16.6 Å². The third kappa shape index (κ3) is 3.88. The Morgan fingerprint density at radius 1 is 1.00 bits per heavy atom. The molecule has 1 N–H and O–H groups in total. The number of nitrogens with zero attached hydrogens (tertiary/aromatic N) is 3. The summed E-state index contributed by atoms with van der Waals surface area (Å²) in [6, 6.07) is 15.0. The normalized spacial score (nSPS) is 11.0.